The van der Waals surface area contributed by atoms with Crippen molar-refractivity contribution in [3.63, 3.8) is 0 Å². The molecule has 0 fully saturated rings. The molecule has 1 aromatic rings. The van der Waals surface area contributed by atoms with Gasteiger partial charge in [-0.1, -0.05) is 0 Å². The van der Waals surface area contributed by atoms with Crippen molar-refractivity contribution >= 4 is 17.3 Å². The number of aromatic carboxylic acids is 1. The van der Waals surface area contributed by atoms with Gasteiger partial charge in [-0.2, -0.15) is 13.2 Å². The number of carbonyl (C=O) groups is 1. The number of hydrogen-bond acceptors (Lipinski definition) is 3. The fourth-order valence-corrected chi connectivity index (χ4v) is 1.42. The lowest BCUT2D eigenvalue weighted by molar-refractivity contribution is -0.132. The Bertz CT molecular complexity index is 446. The average Bonchev–Trinajstić information content (AvgIpc) is 2.25. The summed E-state index contributed by atoms with van der Waals surface area (Å²) < 4.78 is 36.3. The van der Waals surface area contributed by atoms with Gasteiger partial charge in [-0.05, 0) is 18.2 Å². The number of nitrogens with two attached hydrogens (primary N) is 1. The normalized spacial score (nSPS) is 11.3. The first-order chi connectivity index (χ1) is 8.20. The van der Waals surface area contributed by atoms with Gasteiger partial charge in [0.2, 0.25) is 0 Å². The molecule has 0 spiro atoms. The second kappa shape index (κ2) is 5.16. The Balaban J connectivity index is 2.87. The van der Waals surface area contributed by atoms with Crippen molar-refractivity contribution in [3.8, 4) is 0 Å². The lowest BCUT2D eigenvalue weighted by Crippen LogP contribution is -2.25. The summed E-state index contributed by atoms with van der Waals surface area (Å²) in [7, 11) is 1.43. The van der Waals surface area contributed by atoms with Crippen LogP contribution in [0, 0.1) is 0 Å². The van der Waals surface area contributed by atoms with E-state index in [1.165, 1.54) is 30.1 Å². The summed E-state index contributed by atoms with van der Waals surface area (Å²) in [6, 6.07) is 3.93. The fraction of sp³-hybridized carbons (Fsp3) is 0.364. The molecule has 18 heavy (non-hydrogen) atoms. The average molecular weight is 262 g/mol. The van der Waals surface area contributed by atoms with Crippen LogP contribution in [0.25, 0.3) is 0 Å². The van der Waals surface area contributed by atoms with Gasteiger partial charge in [0, 0.05) is 13.6 Å². The smallest absolute Gasteiger partial charge is 0.390 e. The van der Waals surface area contributed by atoms with Crippen LogP contribution in [0.2, 0.25) is 0 Å². The minimum atomic E-state index is -4.26. The second-order valence-electron chi connectivity index (χ2n) is 3.87. The minimum absolute atomic E-state index is 0.0157. The van der Waals surface area contributed by atoms with Crippen LogP contribution in [0.5, 0.6) is 0 Å². The molecule has 100 valence electrons. The lowest BCUT2D eigenvalue weighted by Gasteiger charge is -2.22. The van der Waals surface area contributed by atoms with Crippen molar-refractivity contribution in [1.82, 2.24) is 0 Å². The number of halogens is 3. The number of nitrogens with zero attached hydrogens (tertiary/aromatic N) is 1. The first-order valence-corrected chi connectivity index (χ1v) is 5.11. The zero-order chi connectivity index (χ0) is 13.9. The van der Waals surface area contributed by atoms with Gasteiger partial charge in [0.25, 0.3) is 0 Å². The molecule has 1 aromatic carbocycles. The summed E-state index contributed by atoms with van der Waals surface area (Å²) in [5.74, 6) is -1.15. The summed E-state index contributed by atoms with van der Waals surface area (Å²) in [5.41, 5.74) is 6.12. The van der Waals surface area contributed by atoms with E-state index in [9.17, 15) is 18.0 Å². The van der Waals surface area contributed by atoms with Crippen molar-refractivity contribution in [2.75, 3.05) is 24.2 Å². The molecule has 0 radical (unpaired) electrons. The monoisotopic (exact) mass is 262 g/mol. The van der Waals surface area contributed by atoms with Gasteiger partial charge in [0.15, 0.2) is 0 Å². The number of hydrogen-bond donors (Lipinski definition) is 2. The standard InChI is InChI=1S/C11H13F3N2O2/c1-16(5-4-11(12,13)14)9-6-7(10(17)18)2-3-8(9)15/h2-3,6H,4-5,15H2,1H3,(H,17,18). The van der Waals surface area contributed by atoms with E-state index in [1.807, 2.05) is 0 Å². The summed E-state index contributed by atoms with van der Waals surface area (Å²) in [6.07, 6.45) is -5.24. The molecule has 3 N–H and O–H groups in total. The lowest BCUT2D eigenvalue weighted by atomic mass is 10.1. The Kier molecular flexibility index (Phi) is 4.05. The highest BCUT2D eigenvalue weighted by Gasteiger charge is 2.27. The first-order valence-electron chi connectivity index (χ1n) is 5.11. The van der Waals surface area contributed by atoms with Gasteiger partial charge in [-0.25, -0.2) is 4.79 Å². The maximum Gasteiger partial charge on any atom is 0.390 e. The maximum absolute atomic E-state index is 12.1. The third-order valence-corrected chi connectivity index (χ3v) is 2.42. The number of rotatable bonds is 4. The maximum atomic E-state index is 12.1. The molecule has 0 amide bonds. The van der Waals surface area contributed by atoms with Crippen LogP contribution in [0.4, 0.5) is 24.5 Å². The van der Waals surface area contributed by atoms with Crippen molar-refractivity contribution in [2.24, 2.45) is 0 Å². The zero-order valence-electron chi connectivity index (χ0n) is 9.66. The number of carboxylic acid groups (broad SMARTS) is 1. The number of alkyl halides is 3. The number of anilines is 2. The summed E-state index contributed by atoms with van der Waals surface area (Å²) in [4.78, 5) is 12.1. The van der Waals surface area contributed by atoms with E-state index in [0.29, 0.717) is 0 Å². The largest absolute Gasteiger partial charge is 0.478 e. The zero-order valence-corrected chi connectivity index (χ0v) is 9.66. The third kappa shape index (κ3) is 3.83. The summed E-state index contributed by atoms with van der Waals surface area (Å²) >= 11 is 0. The van der Waals surface area contributed by atoms with Gasteiger partial charge in [0.05, 0.1) is 23.4 Å². The highest BCUT2D eigenvalue weighted by atomic mass is 19.4. The van der Waals surface area contributed by atoms with Gasteiger partial charge in [-0.3, -0.25) is 0 Å². The highest BCUT2D eigenvalue weighted by Crippen LogP contribution is 2.26. The minimum Gasteiger partial charge on any atom is -0.478 e. The predicted octanol–water partition coefficient (Wildman–Crippen LogP) is 2.36. The Morgan fingerprint density at radius 2 is 2.06 bits per heavy atom. The topological polar surface area (TPSA) is 66.6 Å². The molecule has 7 heteroatoms. The van der Waals surface area contributed by atoms with Crippen molar-refractivity contribution in [3.05, 3.63) is 23.8 Å². The summed E-state index contributed by atoms with van der Waals surface area (Å²) in [6.45, 7) is -0.281. The van der Waals surface area contributed by atoms with Gasteiger partial charge in [0.1, 0.15) is 0 Å². The molecule has 0 saturated heterocycles. The second-order valence-corrected chi connectivity index (χ2v) is 3.87. The van der Waals surface area contributed by atoms with Crippen LogP contribution in [0.1, 0.15) is 16.8 Å². The molecule has 0 unspecified atom stereocenters. The summed E-state index contributed by atoms with van der Waals surface area (Å²) in [5, 5.41) is 8.80. The molecule has 0 aliphatic carbocycles. The predicted molar refractivity (Wildman–Crippen MR) is 61.8 cm³/mol. The number of nitrogen functional groups attached to an aromatic ring is 1. The Morgan fingerprint density at radius 1 is 1.44 bits per heavy atom. The van der Waals surface area contributed by atoms with E-state index in [0.717, 1.165) is 0 Å². The van der Waals surface area contributed by atoms with Crippen LogP contribution in [-0.2, 0) is 0 Å². The molecule has 0 heterocycles. The molecular weight excluding hydrogens is 249 g/mol. The number of benzene rings is 1. The Labute approximate surface area is 102 Å². The van der Waals surface area contributed by atoms with E-state index >= 15 is 0 Å². The molecule has 0 aliphatic heterocycles. The number of carboxylic acids is 1. The molecule has 0 bridgehead atoms. The van der Waals surface area contributed by atoms with Gasteiger partial charge in [-0.15, -0.1) is 0 Å². The van der Waals surface area contributed by atoms with E-state index < -0.39 is 18.6 Å². The van der Waals surface area contributed by atoms with Crippen molar-refractivity contribution in [2.45, 2.75) is 12.6 Å². The Hall–Kier alpha value is -1.92. The van der Waals surface area contributed by atoms with Crippen LogP contribution >= 0.6 is 0 Å². The van der Waals surface area contributed by atoms with Crippen LogP contribution in [-0.4, -0.2) is 30.8 Å². The van der Waals surface area contributed by atoms with Gasteiger partial charge < -0.3 is 15.7 Å². The molecule has 0 aliphatic rings. The first kappa shape index (κ1) is 14.1. The quantitative estimate of drug-likeness (QED) is 0.817. The molecule has 0 atom stereocenters. The molecule has 4 nitrogen and oxygen atoms in total. The van der Waals surface area contributed by atoms with E-state index in [1.54, 1.807) is 0 Å². The third-order valence-electron chi connectivity index (χ3n) is 2.42. The molecule has 1 rings (SSSR count). The highest BCUT2D eigenvalue weighted by molar-refractivity contribution is 5.90. The van der Waals surface area contributed by atoms with Gasteiger partial charge >= 0.3 is 12.1 Å². The van der Waals surface area contributed by atoms with E-state index in [2.05, 4.69) is 0 Å². The van der Waals surface area contributed by atoms with E-state index in [-0.39, 0.29) is 23.5 Å². The molecule has 0 aromatic heterocycles. The molecular formula is C11H13F3N2O2. The SMILES string of the molecule is CN(CCC(F)(F)F)c1cc(C(=O)O)ccc1N. The van der Waals surface area contributed by atoms with Crippen LogP contribution in [0.15, 0.2) is 18.2 Å². The molecule has 0 saturated carbocycles. The Morgan fingerprint density at radius 3 is 2.56 bits per heavy atom. The van der Waals surface area contributed by atoms with E-state index in [4.69, 9.17) is 10.8 Å². The van der Waals surface area contributed by atoms with Crippen molar-refractivity contribution in [1.29, 1.82) is 0 Å². The van der Waals surface area contributed by atoms with Crippen molar-refractivity contribution < 1.29 is 23.1 Å². The fourth-order valence-electron chi connectivity index (χ4n) is 1.42. The van der Waals surface area contributed by atoms with Crippen LogP contribution in [0.3, 0.4) is 0 Å². The van der Waals surface area contributed by atoms with Crippen LogP contribution < -0.4 is 10.6 Å².